The van der Waals surface area contributed by atoms with E-state index >= 15 is 0 Å². The molecular weight excluding hydrogens is 238 g/mol. The lowest BCUT2D eigenvalue weighted by Gasteiger charge is -2.14. The molecule has 0 aromatic carbocycles. The number of aromatic nitrogens is 2. The third-order valence-electron chi connectivity index (χ3n) is 4.03. The first-order chi connectivity index (χ1) is 9.02. The number of nitrogen functional groups attached to an aromatic ring is 1. The van der Waals surface area contributed by atoms with E-state index in [2.05, 4.69) is 36.1 Å². The molecule has 1 atom stereocenters. The van der Waals surface area contributed by atoms with Crippen LogP contribution in [0.15, 0.2) is 0 Å². The van der Waals surface area contributed by atoms with Crippen LogP contribution in [0.25, 0.3) is 0 Å². The van der Waals surface area contributed by atoms with Crippen molar-refractivity contribution in [3.8, 4) is 0 Å². The zero-order valence-electron chi connectivity index (χ0n) is 12.6. The highest BCUT2D eigenvalue weighted by molar-refractivity contribution is 5.65. The molecule has 5 heteroatoms. The van der Waals surface area contributed by atoms with E-state index in [1.54, 1.807) is 0 Å². The lowest BCUT2D eigenvalue weighted by atomic mass is 10.1. The van der Waals surface area contributed by atoms with Gasteiger partial charge in [-0.3, -0.25) is 4.68 Å². The molecule has 0 amide bonds. The minimum Gasteiger partial charge on any atom is -0.394 e. The fourth-order valence-corrected chi connectivity index (χ4v) is 2.80. The van der Waals surface area contributed by atoms with Crippen LogP contribution in [0.2, 0.25) is 0 Å². The van der Waals surface area contributed by atoms with Crippen molar-refractivity contribution in [2.24, 2.45) is 13.0 Å². The second kappa shape index (κ2) is 5.82. The number of rotatable bonds is 5. The quantitative estimate of drug-likeness (QED) is 0.853. The van der Waals surface area contributed by atoms with Crippen LogP contribution >= 0.6 is 0 Å². The molecule has 1 saturated heterocycles. The molecule has 0 spiro atoms. The Balaban J connectivity index is 1.96. The second-order valence-corrected chi connectivity index (χ2v) is 5.85. The minimum absolute atomic E-state index is 0.365. The van der Waals surface area contributed by atoms with Gasteiger partial charge in [0.2, 0.25) is 0 Å². The van der Waals surface area contributed by atoms with Crippen molar-refractivity contribution >= 4 is 11.5 Å². The van der Waals surface area contributed by atoms with Crippen molar-refractivity contribution in [3.63, 3.8) is 0 Å². The third-order valence-corrected chi connectivity index (χ3v) is 4.03. The van der Waals surface area contributed by atoms with E-state index in [1.807, 2.05) is 11.7 Å². The summed E-state index contributed by atoms with van der Waals surface area (Å²) in [5.74, 6) is 2.05. The molecule has 1 aromatic rings. The molecule has 0 saturated carbocycles. The van der Waals surface area contributed by atoms with E-state index in [0.717, 1.165) is 36.2 Å². The number of nitrogens with one attached hydrogen (secondary N) is 1. The average molecular weight is 265 g/mol. The standard InChI is InChI=1S/C14H27N5/c1-5-19-7-6-11(9-19)8-16-14-12(15)13(10(2)3)17-18(14)4/h10-11,16H,5-9,15H2,1-4H3. The van der Waals surface area contributed by atoms with Gasteiger partial charge in [-0.25, -0.2) is 0 Å². The summed E-state index contributed by atoms with van der Waals surface area (Å²) in [5, 5.41) is 8.00. The normalized spacial score (nSPS) is 20.4. The van der Waals surface area contributed by atoms with Crippen molar-refractivity contribution in [2.45, 2.75) is 33.1 Å². The molecule has 19 heavy (non-hydrogen) atoms. The third kappa shape index (κ3) is 3.03. The van der Waals surface area contributed by atoms with Gasteiger partial charge in [0, 0.05) is 20.1 Å². The van der Waals surface area contributed by atoms with Crippen LogP contribution < -0.4 is 11.1 Å². The van der Waals surface area contributed by atoms with Gasteiger partial charge >= 0.3 is 0 Å². The number of likely N-dealkylation sites (tertiary alicyclic amines) is 1. The molecule has 1 aromatic heterocycles. The minimum atomic E-state index is 0.365. The SMILES string of the molecule is CCN1CCC(CNc2c(N)c(C(C)C)nn2C)C1. The van der Waals surface area contributed by atoms with Gasteiger partial charge < -0.3 is 16.0 Å². The molecule has 5 nitrogen and oxygen atoms in total. The summed E-state index contributed by atoms with van der Waals surface area (Å²) in [6.45, 7) is 11.0. The number of nitrogens with two attached hydrogens (primary N) is 1. The van der Waals surface area contributed by atoms with Gasteiger partial charge in [0.25, 0.3) is 0 Å². The summed E-state index contributed by atoms with van der Waals surface area (Å²) in [4.78, 5) is 2.50. The van der Waals surface area contributed by atoms with Gasteiger partial charge in [-0.05, 0) is 31.3 Å². The van der Waals surface area contributed by atoms with E-state index in [9.17, 15) is 0 Å². The van der Waals surface area contributed by atoms with Gasteiger partial charge in [0.05, 0.1) is 11.4 Å². The van der Waals surface area contributed by atoms with Crippen LogP contribution in [0.5, 0.6) is 0 Å². The first-order valence-corrected chi connectivity index (χ1v) is 7.31. The lowest BCUT2D eigenvalue weighted by molar-refractivity contribution is 0.345. The molecule has 0 bridgehead atoms. The first-order valence-electron chi connectivity index (χ1n) is 7.31. The Kier molecular flexibility index (Phi) is 4.34. The predicted molar refractivity (Wildman–Crippen MR) is 80.4 cm³/mol. The van der Waals surface area contributed by atoms with Crippen LogP contribution in [0.3, 0.4) is 0 Å². The van der Waals surface area contributed by atoms with Crippen LogP contribution in [0, 0.1) is 5.92 Å². The molecule has 3 N–H and O–H groups in total. The molecule has 108 valence electrons. The van der Waals surface area contributed by atoms with Crippen LogP contribution in [-0.4, -0.2) is 40.9 Å². The fraction of sp³-hybridized carbons (Fsp3) is 0.786. The topological polar surface area (TPSA) is 59.1 Å². The van der Waals surface area contributed by atoms with E-state index in [0.29, 0.717) is 5.92 Å². The molecule has 1 unspecified atom stereocenters. The van der Waals surface area contributed by atoms with Gasteiger partial charge in [-0.15, -0.1) is 0 Å². The van der Waals surface area contributed by atoms with E-state index in [4.69, 9.17) is 5.73 Å². The van der Waals surface area contributed by atoms with Crippen LogP contribution in [0.4, 0.5) is 11.5 Å². The zero-order valence-corrected chi connectivity index (χ0v) is 12.6. The highest BCUT2D eigenvalue weighted by Crippen LogP contribution is 2.28. The molecular formula is C14H27N5. The summed E-state index contributed by atoms with van der Waals surface area (Å²) in [7, 11) is 1.96. The van der Waals surface area contributed by atoms with Crippen molar-refractivity contribution < 1.29 is 0 Å². The van der Waals surface area contributed by atoms with Crippen molar-refractivity contribution in [2.75, 3.05) is 37.2 Å². The summed E-state index contributed by atoms with van der Waals surface area (Å²) in [5.41, 5.74) is 7.99. The largest absolute Gasteiger partial charge is 0.394 e. The van der Waals surface area contributed by atoms with Gasteiger partial charge in [0.15, 0.2) is 0 Å². The Labute approximate surface area is 116 Å². The lowest BCUT2D eigenvalue weighted by Crippen LogP contribution is -2.23. The number of hydrogen-bond donors (Lipinski definition) is 2. The smallest absolute Gasteiger partial charge is 0.147 e. The summed E-state index contributed by atoms with van der Waals surface area (Å²) in [6, 6.07) is 0. The summed E-state index contributed by atoms with van der Waals surface area (Å²) < 4.78 is 1.87. The van der Waals surface area contributed by atoms with Gasteiger partial charge in [0.1, 0.15) is 5.82 Å². The van der Waals surface area contributed by atoms with Crippen molar-refractivity contribution in [3.05, 3.63) is 5.69 Å². The molecule has 1 aliphatic heterocycles. The summed E-state index contributed by atoms with van der Waals surface area (Å²) >= 11 is 0. The maximum Gasteiger partial charge on any atom is 0.147 e. The van der Waals surface area contributed by atoms with E-state index in [1.165, 1.54) is 19.5 Å². The van der Waals surface area contributed by atoms with Gasteiger partial charge in [-0.2, -0.15) is 5.10 Å². The van der Waals surface area contributed by atoms with Crippen LogP contribution in [-0.2, 0) is 7.05 Å². The Morgan fingerprint density at radius 3 is 2.74 bits per heavy atom. The highest BCUT2D eigenvalue weighted by atomic mass is 15.3. The maximum absolute atomic E-state index is 6.19. The second-order valence-electron chi connectivity index (χ2n) is 5.85. The number of anilines is 2. The Morgan fingerprint density at radius 2 is 2.21 bits per heavy atom. The Bertz CT molecular complexity index is 424. The van der Waals surface area contributed by atoms with Gasteiger partial charge in [-0.1, -0.05) is 20.8 Å². The monoisotopic (exact) mass is 265 g/mol. The van der Waals surface area contributed by atoms with E-state index < -0.39 is 0 Å². The zero-order chi connectivity index (χ0) is 14.0. The molecule has 2 rings (SSSR count). The first kappa shape index (κ1) is 14.2. The van der Waals surface area contributed by atoms with Crippen molar-refractivity contribution in [1.82, 2.24) is 14.7 Å². The maximum atomic E-state index is 6.19. The number of hydrogen-bond acceptors (Lipinski definition) is 4. The summed E-state index contributed by atoms with van der Waals surface area (Å²) in [6.07, 6.45) is 1.27. The van der Waals surface area contributed by atoms with E-state index in [-0.39, 0.29) is 0 Å². The van der Waals surface area contributed by atoms with Crippen molar-refractivity contribution in [1.29, 1.82) is 0 Å². The Morgan fingerprint density at radius 1 is 1.47 bits per heavy atom. The average Bonchev–Trinajstić information content (AvgIpc) is 2.93. The molecule has 2 heterocycles. The molecule has 1 fully saturated rings. The molecule has 1 aliphatic rings. The number of aryl methyl sites for hydroxylation is 1. The number of nitrogens with zero attached hydrogens (tertiary/aromatic N) is 3. The molecule has 0 aliphatic carbocycles. The predicted octanol–water partition coefficient (Wildman–Crippen LogP) is 1.88. The highest BCUT2D eigenvalue weighted by Gasteiger charge is 2.22. The Hall–Kier alpha value is -1.23. The van der Waals surface area contributed by atoms with Crippen LogP contribution in [0.1, 0.15) is 38.8 Å². The molecule has 0 radical (unpaired) electrons. The fourth-order valence-electron chi connectivity index (χ4n) is 2.80.